The Labute approximate surface area is 173 Å². The van der Waals surface area contributed by atoms with Crippen molar-refractivity contribution in [2.45, 2.75) is 57.1 Å². The minimum atomic E-state index is -3.79. The number of carbonyl (C=O) groups excluding carboxylic acids is 1. The van der Waals surface area contributed by atoms with Crippen LogP contribution in [0.2, 0.25) is 0 Å². The molecule has 0 saturated carbocycles. The summed E-state index contributed by atoms with van der Waals surface area (Å²) in [7, 11) is -2.22. The average Bonchev–Trinajstić information content (AvgIpc) is 2.60. The molecule has 0 radical (unpaired) electrons. The van der Waals surface area contributed by atoms with Crippen LogP contribution >= 0.6 is 0 Å². The van der Waals surface area contributed by atoms with Crippen LogP contribution in [0.15, 0.2) is 53.4 Å². The van der Waals surface area contributed by atoms with Gasteiger partial charge in [-0.05, 0) is 63.9 Å². The Morgan fingerprint density at radius 2 is 1.76 bits per heavy atom. The molecule has 0 unspecified atom stereocenters. The van der Waals surface area contributed by atoms with E-state index in [1.54, 1.807) is 52.1 Å². The molecular weight excluding hydrogens is 390 g/mol. The Balaban J connectivity index is 2.25. The van der Waals surface area contributed by atoms with Gasteiger partial charge in [-0.15, -0.1) is 0 Å². The van der Waals surface area contributed by atoms with E-state index in [0.717, 1.165) is 11.1 Å². The van der Waals surface area contributed by atoms with Crippen molar-refractivity contribution in [2.24, 2.45) is 0 Å². The molecule has 0 aromatic heterocycles. The molecule has 2 aromatic rings. The molecule has 0 spiro atoms. The number of aryl methyl sites for hydroxylation is 1. The number of methoxy groups -OCH3 is 1. The lowest BCUT2D eigenvalue weighted by Gasteiger charge is -2.23. The summed E-state index contributed by atoms with van der Waals surface area (Å²) in [5, 5.41) is 0. The van der Waals surface area contributed by atoms with Gasteiger partial charge in [0.2, 0.25) is 10.0 Å². The molecule has 29 heavy (non-hydrogen) atoms. The van der Waals surface area contributed by atoms with Crippen LogP contribution < -0.4 is 9.46 Å². The minimum absolute atomic E-state index is 0.0838. The topological polar surface area (TPSA) is 81.7 Å². The van der Waals surface area contributed by atoms with Crippen LogP contribution in [0, 0.1) is 6.92 Å². The molecule has 7 heteroatoms. The number of nitrogens with one attached hydrogen (secondary N) is 1. The molecule has 0 amide bonds. The van der Waals surface area contributed by atoms with E-state index in [9.17, 15) is 13.2 Å². The van der Waals surface area contributed by atoms with E-state index in [2.05, 4.69) is 4.72 Å². The monoisotopic (exact) mass is 419 g/mol. The summed E-state index contributed by atoms with van der Waals surface area (Å²) in [6, 6.07) is 13.2. The summed E-state index contributed by atoms with van der Waals surface area (Å²) in [5.41, 5.74) is 1.17. The maximum absolute atomic E-state index is 12.8. The van der Waals surface area contributed by atoms with Crippen molar-refractivity contribution in [1.29, 1.82) is 0 Å². The number of ether oxygens (including phenoxy) is 2. The summed E-state index contributed by atoms with van der Waals surface area (Å²) in [4.78, 5) is 12.5. The first-order valence-corrected chi connectivity index (χ1v) is 10.9. The number of carbonyl (C=O) groups is 1. The molecule has 0 saturated heterocycles. The van der Waals surface area contributed by atoms with Gasteiger partial charge >= 0.3 is 5.97 Å². The van der Waals surface area contributed by atoms with E-state index in [1.165, 1.54) is 0 Å². The summed E-state index contributed by atoms with van der Waals surface area (Å²) >= 11 is 0. The number of benzene rings is 2. The number of esters is 1. The van der Waals surface area contributed by atoms with Gasteiger partial charge in [-0.2, -0.15) is 0 Å². The minimum Gasteiger partial charge on any atom is -0.497 e. The molecule has 1 atom stereocenters. The summed E-state index contributed by atoms with van der Waals surface area (Å²) in [6.07, 6.45) is 0.237. The van der Waals surface area contributed by atoms with Gasteiger partial charge in [0.05, 0.1) is 18.4 Å². The van der Waals surface area contributed by atoms with Crippen molar-refractivity contribution in [3.63, 3.8) is 0 Å². The van der Waals surface area contributed by atoms with Gasteiger partial charge < -0.3 is 9.47 Å². The molecule has 0 heterocycles. The van der Waals surface area contributed by atoms with Gasteiger partial charge in [-0.25, -0.2) is 13.1 Å². The molecule has 6 nitrogen and oxygen atoms in total. The lowest BCUT2D eigenvalue weighted by Crippen LogP contribution is -2.39. The molecule has 2 rings (SSSR count). The van der Waals surface area contributed by atoms with Crippen molar-refractivity contribution in [3.05, 3.63) is 59.7 Å². The largest absolute Gasteiger partial charge is 0.497 e. The first-order valence-electron chi connectivity index (χ1n) is 9.42. The molecule has 0 aliphatic carbocycles. The van der Waals surface area contributed by atoms with Crippen LogP contribution in [0.3, 0.4) is 0 Å². The fourth-order valence-electron chi connectivity index (χ4n) is 2.83. The highest BCUT2D eigenvalue weighted by Crippen LogP contribution is 2.18. The smallest absolute Gasteiger partial charge is 0.307 e. The zero-order chi connectivity index (χ0) is 21.7. The molecular formula is C22H29NO5S. The molecule has 0 bridgehead atoms. The average molecular weight is 420 g/mol. The predicted molar refractivity (Wildman–Crippen MR) is 112 cm³/mol. The van der Waals surface area contributed by atoms with Gasteiger partial charge in [-0.3, -0.25) is 4.79 Å². The van der Waals surface area contributed by atoms with E-state index in [1.807, 2.05) is 31.2 Å². The Morgan fingerprint density at radius 3 is 2.34 bits per heavy atom. The van der Waals surface area contributed by atoms with E-state index >= 15 is 0 Å². The van der Waals surface area contributed by atoms with Crippen LogP contribution in [0.25, 0.3) is 0 Å². The van der Waals surface area contributed by atoms with E-state index in [-0.39, 0.29) is 11.3 Å². The Bertz CT molecular complexity index is 930. The zero-order valence-electron chi connectivity index (χ0n) is 17.6. The Hall–Kier alpha value is -2.38. The second kappa shape index (κ2) is 9.41. The highest BCUT2D eigenvalue weighted by Gasteiger charge is 2.25. The first-order chi connectivity index (χ1) is 13.5. The van der Waals surface area contributed by atoms with Gasteiger partial charge in [0.1, 0.15) is 11.4 Å². The molecule has 1 N–H and O–H groups in total. The van der Waals surface area contributed by atoms with Crippen LogP contribution in [0.4, 0.5) is 0 Å². The number of sulfonamides is 1. The maximum Gasteiger partial charge on any atom is 0.307 e. The fourth-order valence-corrected chi connectivity index (χ4v) is 4.06. The van der Waals surface area contributed by atoms with Crippen LogP contribution in [-0.4, -0.2) is 33.1 Å². The number of hydrogen-bond donors (Lipinski definition) is 1. The van der Waals surface area contributed by atoms with Gasteiger partial charge in [-0.1, -0.05) is 29.8 Å². The summed E-state index contributed by atoms with van der Waals surface area (Å²) in [5.74, 6) is 0.205. The van der Waals surface area contributed by atoms with Gasteiger partial charge in [0.25, 0.3) is 0 Å². The van der Waals surface area contributed by atoms with E-state index in [4.69, 9.17) is 9.47 Å². The second-order valence-electron chi connectivity index (χ2n) is 7.98. The lowest BCUT2D eigenvalue weighted by atomic mass is 10.0. The van der Waals surface area contributed by atoms with Crippen LogP contribution in [0.1, 0.15) is 38.3 Å². The maximum atomic E-state index is 12.8. The van der Waals surface area contributed by atoms with Crippen molar-refractivity contribution in [3.8, 4) is 5.75 Å². The van der Waals surface area contributed by atoms with E-state index in [0.29, 0.717) is 12.2 Å². The summed E-state index contributed by atoms with van der Waals surface area (Å²) in [6.45, 7) is 7.22. The predicted octanol–water partition coefficient (Wildman–Crippen LogP) is 3.63. The molecule has 0 aliphatic rings. The zero-order valence-corrected chi connectivity index (χ0v) is 18.4. The van der Waals surface area contributed by atoms with Gasteiger partial charge in [0, 0.05) is 6.04 Å². The normalized spacial score (nSPS) is 13.0. The first kappa shape index (κ1) is 22.9. The van der Waals surface area contributed by atoms with Crippen LogP contribution in [0.5, 0.6) is 5.75 Å². The van der Waals surface area contributed by atoms with Crippen LogP contribution in [-0.2, 0) is 26.0 Å². The third-order valence-corrected chi connectivity index (χ3v) is 5.64. The highest BCUT2D eigenvalue weighted by molar-refractivity contribution is 7.89. The lowest BCUT2D eigenvalue weighted by molar-refractivity contribution is -0.155. The second-order valence-corrected chi connectivity index (χ2v) is 9.69. The van der Waals surface area contributed by atoms with Crippen molar-refractivity contribution in [2.75, 3.05) is 7.11 Å². The van der Waals surface area contributed by atoms with Crippen molar-refractivity contribution >= 4 is 16.0 Å². The Morgan fingerprint density at radius 1 is 1.10 bits per heavy atom. The number of rotatable bonds is 8. The van der Waals surface area contributed by atoms with E-state index < -0.39 is 27.6 Å². The number of hydrogen-bond acceptors (Lipinski definition) is 5. The highest BCUT2D eigenvalue weighted by atomic mass is 32.2. The molecule has 0 aliphatic heterocycles. The third kappa shape index (κ3) is 7.51. The molecule has 158 valence electrons. The van der Waals surface area contributed by atoms with Crippen molar-refractivity contribution in [1.82, 2.24) is 4.72 Å². The van der Waals surface area contributed by atoms with Gasteiger partial charge in [0.15, 0.2) is 0 Å². The molecule has 0 fully saturated rings. The quantitative estimate of drug-likeness (QED) is 0.661. The third-order valence-electron chi connectivity index (χ3n) is 4.10. The SMILES string of the molecule is COc1cccc(C[C@H](CC(=O)OC(C)(C)C)NS(=O)(=O)c2ccc(C)cc2)c1. The standard InChI is InChI=1S/C22H29NO5S/c1-16-9-11-20(12-10-16)29(25,26)23-18(15-21(24)28-22(2,3)4)13-17-7-6-8-19(14-17)27-5/h6-12,14,18,23H,13,15H2,1-5H3/t18-/m1/s1. The fraction of sp³-hybridized carbons (Fsp3) is 0.409. The summed E-state index contributed by atoms with van der Waals surface area (Å²) < 4.78 is 39.0. The molecule has 2 aromatic carbocycles. The van der Waals surface area contributed by atoms with Crippen molar-refractivity contribution < 1.29 is 22.7 Å². The Kier molecular flexibility index (Phi) is 7.43.